The van der Waals surface area contributed by atoms with Crippen LogP contribution in [0, 0.1) is 28.6 Å². The molecule has 1 aromatic heterocycles. The van der Waals surface area contributed by atoms with Gasteiger partial charge in [-0.1, -0.05) is 50.7 Å². The molecule has 9 heteroatoms. The number of furan rings is 1. The summed E-state index contributed by atoms with van der Waals surface area (Å²) in [7, 11) is 1.45. The third-order valence-electron chi connectivity index (χ3n) is 8.59. The zero-order valence-electron chi connectivity index (χ0n) is 20.6. The molecule has 2 saturated carbocycles. The minimum absolute atomic E-state index is 0.00342. The molecule has 188 valence electrons. The van der Waals surface area contributed by atoms with E-state index in [1.165, 1.54) is 30.6 Å². The largest absolute Gasteiger partial charge is 0.471 e. The molecule has 0 radical (unpaired) electrons. The number of rotatable bonds is 3. The van der Waals surface area contributed by atoms with Crippen molar-refractivity contribution >= 4 is 62.7 Å². The van der Waals surface area contributed by atoms with Crippen LogP contribution >= 0.6 is 48.0 Å². The van der Waals surface area contributed by atoms with Crippen LogP contribution in [-0.4, -0.2) is 46.6 Å². The van der Waals surface area contributed by atoms with Crippen molar-refractivity contribution in [3.05, 3.63) is 23.7 Å². The fourth-order valence-electron chi connectivity index (χ4n) is 7.44. The molecule has 4 rings (SSSR count). The summed E-state index contributed by atoms with van der Waals surface area (Å²) in [6.45, 7) is 7.04. The first-order valence-electron chi connectivity index (χ1n) is 11.7. The lowest BCUT2D eigenvalue weighted by Crippen LogP contribution is -2.67. The normalized spacial score (nSPS) is 35.8. The van der Waals surface area contributed by atoms with E-state index in [1.807, 2.05) is 18.6 Å². The van der Waals surface area contributed by atoms with E-state index in [0.717, 1.165) is 37.0 Å². The van der Waals surface area contributed by atoms with Crippen LogP contribution in [0.4, 0.5) is 0 Å². The van der Waals surface area contributed by atoms with E-state index in [-0.39, 0.29) is 40.7 Å². The van der Waals surface area contributed by atoms with Gasteiger partial charge >= 0.3 is 5.97 Å². The van der Waals surface area contributed by atoms with Gasteiger partial charge in [-0.3, -0.25) is 4.79 Å². The second-order valence-corrected chi connectivity index (χ2v) is 13.4. The Morgan fingerprint density at radius 3 is 2.35 bits per heavy atom. The second-order valence-electron chi connectivity index (χ2n) is 10.6. The quantitative estimate of drug-likeness (QED) is 0.326. The van der Waals surface area contributed by atoms with E-state index < -0.39 is 12.0 Å². The molecule has 7 atom stereocenters. The number of fused-ring (bicyclic) bond motifs is 4. The highest BCUT2D eigenvalue weighted by molar-refractivity contribution is 8.22. The molecule has 34 heavy (non-hydrogen) atoms. The van der Waals surface area contributed by atoms with E-state index in [9.17, 15) is 4.79 Å². The summed E-state index contributed by atoms with van der Waals surface area (Å²) in [5.41, 5.74) is 0.798. The molecule has 0 spiro atoms. The SMILES string of the molecule is COC(=O)[C@@H]1c2ccoc2C[C@H]2[C@H]1[C@@H](OC(=S)SC)[C@H](OC(=S)SC)[C@H]1C(C)(C)CCC[C@]21C. The maximum absolute atomic E-state index is 13.3. The van der Waals surface area contributed by atoms with Crippen LogP contribution in [0.15, 0.2) is 16.7 Å². The number of hydrogen-bond donors (Lipinski definition) is 0. The van der Waals surface area contributed by atoms with Crippen LogP contribution in [-0.2, 0) is 25.4 Å². The van der Waals surface area contributed by atoms with Crippen molar-refractivity contribution in [2.75, 3.05) is 19.6 Å². The fourth-order valence-corrected chi connectivity index (χ4v) is 8.08. The lowest BCUT2D eigenvalue weighted by atomic mass is 9.42. The summed E-state index contributed by atoms with van der Waals surface area (Å²) in [5, 5.41) is 0. The average Bonchev–Trinajstić information content (AvgIpc) is 3.27. The number of methoxy groups -OCH3 is 1. The van der Waals surface area contributed by atoms with Crippen molar-refractivity contribution < 1.29 is 23.4 Å². The topological polar surface area (TPSA) is 57.9 Å². The van der Waals surface area contributed by atoms with Gasteiger partial charge < -0.3 is 18.6 Å². The monoisotopic (exact) mass is 542 g/mol. The van der Waals surface area contributed by atoms with Crippen LogP contribution in [0.5, 0.6) is 0 Å². The van der Waals surface area contributed by atoms with Gasteiger partial charge in [0.25, 0.3) is 0 Å². The molecule has 0 unspecified atom stereocenters. The summed E-state index contributed by atoms with van der Waals surface area (Å²) in [5.74, 6) is 0.243. The van der Waals surface area contributed by atoms with Gasteiger partial charge in [-0.05, 0) is 72.6 Å². The predicted molar refractivity (Wildman–Crippen MR) is 145 cm³/mol. The Morgan fingerprint density at radius 2 is 1.74 bits per heavy atom. The minimum Gasteiger partial charge on any atom is -0.471 e. The van der Waals surface area contributed by atoms with Gasteiger partial charge in [-0.15, -0.1) is 0 Å². The molecule has 1 heterocycles. The third kappa shape index (κ3) is 4.33. The van der Waals surface area contributed by atoms with Crippen LogP contribution in [0.25, 0.3) is 0 Å². The van der Waals surface area contributed by atoms with E-state index >= 15 is 0 Å². The number of thiocarbonyl (C=S) groups is 2. The van der Waals surface area contributed by atoms with Gasteiger partial charge in [0, 0.05) is 23.8 Å². The molecular formula is C25H34O5S4. The summed E-state index contributed by atoms with van der Waals surface area (Å²) in [6, 6.07) is 1.90. The van der Waals surface area contributed by atoms with E-state index in [1.54, 1.807) is 6.26 Å². The molecule has 2 fully saturated rings. The number of ether oxygens (including phenoxy) is 3. The first kappa shape index (κ1) is 26.3. The zero-order chi connectivity index (χ0) is 24.8. The first-order chi connectivity index (χ1) is 16.1. The maximum atomic E-state index is 13.3. The van der Waals surface area contributed by atoms with Crippen LogP contribution in [0.2, 0.25) is 0 Å². The molecular weight excluding hydrogens is 509 g/mol. The summed E-state index contributed by atoms with van der Waals surface area (Å²) >= 11 is 14.0. The fraction of sp³-hybridized carbons (Fsp3) is 0.720. The highest BCUT2D eigenvalue weighted by Crippen LogP contribution is 2.66. The highest BCUT2D eigenvalue weighted by Gasteiger charge is 2.67. The van der Waals surface area contributed by atoms with Crippen molar-refractivity contribution in [3.8, 4) is 0 Å². The summed E-state index contributed by atoms with van der Waals surface area (Å²) in [4.78, 5) is 13.3. The van der Waals surface area contributed by atoms with Crippen molar-refractivity contribution in [2.24, 2.45) is 28.6 Å². The van der Waals surface area contributed by atoms with Crippen molar-refractivity contribution in [1.29, 1.82) is 0 Å². The Balaban J connectivity index is 1.94. The molecule has 0 N–H and O–H groups in total. The minimum atomic E-state index is -0.510. The lowest BCUT2D eigenvalue weighted by Gasteiger charge is -2.64. The number of esters is 1. The van der Waals surface area contributed by atoms with Gasteiger partial charge in [0.1, 0.15) is 18.0 Å². The lowest BCUT2D eigenvalue weighted by molar-refractivity contribution is -0.209. The van der Waals surface area contributed by atoms with Gasteiger partial charge in [0.05, 0.1) is 19.3 Å². The molecule has 3 aliphatic carbocycles. The Bertz CT molecular complexity index is 959. The number of hydrogen-bond acceptors (Lipinski definition) is 9. The Labute approximate surface area is 221 Å². The van der Waals surface area contributed by atoms with Gasteiger partial charge in [-0.25, -0.2) is 0 Å². The molecule has 3 aliphatic rings. The molecule has 0 bridgehead atoms. The molecule has 0 aliphatic heterocycles. The molecule has 0 saturated heterocycles. The molecule has 5 nitrogen and oxygen atoms in total. The summed E-state index contributed by atoms with van der Waals surface area (Å²) in [6.07, 6.45) is 8.80. The van der Waals surface area contributed by atoms with Crippen molar-refractivity contribution in [3.63, 3.8) is 0 Å². The van der Waals surface area contributed by atoms with Gasteiger partial charge in [0.2, 0.25) is 8.77 Å². The number of carbonyl (C=O) groups excluding carboxylic acids is 1. The smallest absolute Gasteiger partial charge is 0.313 e. The van der Waals surface area contributed by atoms with Crippen molar-refractivity contribution in [1.82, 2.24) is 0 Å². The Hall–Kier alpha value is -0.770. The predicted octanol–water partition coefficient (Wildman–Crippen LogP) is 6.24. The maximum Gasteiger partial charge on any atom is 0.313 e. The number of thioether (sulfide) groups is 2. The standard InChI is InChI=1S/C25H34O5S4/c1-24(2)9-7-10-25(3)14-12-15-13(8-11-28-15)16(21(26)27-4)17(14)18(29-22(31)33-5)19(20(24)25)30-23(32)34-6/h8,11,14,16-20H,7,9-10,12H2,1-6H3/t14-,16+,17+,18+,19-,20-,25+/m0/s1. The third-order valence-corrected chi connectivity index (χ3v) is 10.6. The Morgan fingerprint density at radius 1 is 1.09 bits per heavy atom. The molecule has 0 aromatic carbocycles. The van der Waals surface area contributed by atoms with E-state index in [2.05, 4.69) is 20.8 Å². The van der Waals surface area contributed by atoms with Crippen molar-refractivity contribution in [2.45, 2.75) is 64.6 Å². The van der Waals surface area contributed by atoms with Gasteiger partial charge in [0.15, 0.2) is 0 Å². The second kappa shape index (κ2) is 9.94. The average molecular weight is 543 g/mol. The van der Waals surface area contributed by atoms with Crippen LogP contribution in [0.3, 0.4) is 0 Å². The molecule has 0 amide bonds. The van der Waals surface area contributed by atoms with Crippen LogP contribution < -0.4 is 0 Å². The number of carbonyl (C=O) groups is 1. The Kier molecular flexibility index (Phi) is 7.69. The van der Waals surface area contributed by atoms with E-state index in [4.69, 9.17) is 43.1 Å². The van der Waals surface area contributed by atoms with Gasteiger partial charge in [-0.2, -0.15) is 0 Å². The highest BCUT2D eigenvalue weighted by atomic mass is 32.2. The van der Waals surface area contributed by atoms with Crippen LogP contribution in [0.1, 0.15) is 57.3 Å². The zero-order valence-corrected chi connectivity index (χ0v) is 23.9. The first-order valence-corrected chi connectivity index (χ1v) is 15.0. The molecule has 1 aromatic rings. The summed E-state index contributed by atoms with van der Waals surface area (Å²) < 4.78 is 25.3. The van der Waals surface area contributed by atoms with E-state index in [0.29, 0.717) is 8.77 Å².